The number of thioether (sulfide) groups is 1. The number of hydrogen-bond acceptors (Lipinski definition) is 5. The van der Waals surface area contributed by atoms with Gasteiger partial charge in [0, 0.05) is 6.54 Å². The van der Waals surface area contributed by atoms with Gasteiger partial charge in [0.2, 0.25) is 0 Å². The summed E-state index contributed by atoms with van der Waals surface area (Å²) in [5.74, 6) is -0.127. The van der Waals surface area contributed by atoms with Crippen LogP contribution in [0.5, 0.6) is 0 Å². The third-order valence-electron chi connectivity index (χ3n) is 2.71. The van der Waals surface area contributed by atoms with Crippen LogP contribution in [0.2, 0.25) is 0 Å². The van der Waals surface area contributed by atoms with Crippen molar-refractivity contribution in [1.82, 2.24) is 5.01 Å². The average molecular weight is 200 g/mol. The van der Waals surface area contributed by atoms with E-state index in [9.17, 15) is 4.79 Å². The molecule has 0 radical (unpaired) electrons. The molecular weight excluding hydrogens is 188 g/mol. The highest BCUT2D eigenvalue weighted by atomic mass is 32.2. The first kappa shape index (κ1) is 8.87. The Kier molecular flexibility index (Phi) is 1.98. The average Bonchev–Trinajstić information content (AvgIpc) is 2.69. The summed E-state index contributed by atoms with van der Waals surface area (Å²) in [6.07, 6.45) is 0.828. The van der Waals surface area contributed by atoms with Crippen molar-refractivity contribution in [2.45, 2.75) is 18.7 Å². The third-order valence-corrected chi connectivity index (χ3v) is 3.95. The Morgan fingerprint density at radius 1 is 1.85 bits per heavy atom. The van der Waals surface area contributed by atoms with E-state index >= 15 is 0 Å². The summed E-state index contributed by atoms with van der Waals surface area (Å²) < 4.78 is 4.81. The van der Waals surface area contributed by atoms with Gasteiger partial charge in [0.1, 0.15) is 5.37 Å². The zero-order valence-corrected chi connectivity index (χ0v) is 8.50. The van der Waals surface area contributed by atoms with Gasteiger partial charge in [-0.25, -0.2) is 0 Å². The first-order valence-electron chi connectivity index (χ1n) is 4.21. The zero-order valence-electron chi connectivity index (χ0n) is 7.69. The third kappa shape index (κ3) is 1.14. The molecule has 2 aliphatic heterocycles. The van der Waals surface area contributed by atoms with Gasteiger partial charge in [-0.3, -0.25) is 9.80 Å². The van der Waals surface area contributed by atoms with E-state index < -0.39 is 5.41 Å². The number of methoxy groups -OCH3 is 1. The fourth-order valence-electron chi connectivity index (χ4n) is 1.84. The number of rotatable bonds is 1. The van der Waals surface area contributed by atoms with Crippen LogP contribution in [-0.4, -0.2) is 35.6 Å². The molecule has 0 N–H and O–H groups in total. The number of carbonyl (C=O) groups is 1. The van der Waals surface area contributed by atoms with Crippen molar-refractivity contribution >= 4 is 23.3 Å². The standard InChI is InChI=1S/C8H12N2O2S/c1-8(7(11)12-2)3-4-10-6(8)13-5-9-10/h5-6H,3-4H2,1-2H3/t6-,8+/m0/s1. The number of esters is 1. The second kappa shape index (κ2) is 2.90. The minimum absolute atomic E-state index is 0.127. The second-order valence-electron chi connectivity index (χ2n) is 3.53. The van der Waals surface area contributed by atoms with Crippen LogP contribution in [0.3, 0.4) is 0 Å². The Morgan fingerprint density at radius 3 is 3.31 bits per heavy atom. The Hall–Kier alpha value is -0.710. The fraction of sp³-hybridized carbons (Fsp3) is 0.750. The second-order valence-corrected chi connectivity index (χ2v) is 4.46. The van der Waals surface area contributed by atoms with E-state index in [0.29, 0.717) is 0 Å². The zero-order chi connectivity index (χ0) is 9.47. The van der Waals surface area contributed by atoms with Crippen LogP contribution < -0.4 is 0 Å². The molecule has 0 amide bonds. The molecule has 0 saturated carbocycles. The predicted octanol–water partition coefficient (Wildman–Crippen LogP) is 0.888. The minimum atomic E-state index is -0.393. The lowest BCUT2D eigenvalue weighted by Gasteiger charge is -2.26. The maximum atomic E-state index is 11.6. The highest BCUT2D eigenvalue weighted by molar-refractivity contribution is 8.12. The molecule has 2 rings (SSSR count). The van der Waals surface area contributed by atoms with Gasteiger partial charge >= 0.3 is 5.97 Å². The molecule has 0 aromatic carbocycles. The monoisotopic (exact) mass is 200 g/mol. The summed E-state index contributed by atoms with van der Waals surface area (Å²) in [6.45, 7) is 2.80. The summed E-state index contributed by atoms with van der Waals surface area (Å²) in [5.41, 5.74) is 1.40. The molecule has 0 aliphatic carbocycles. The van der Waals surface area contributed by atoms with Crippen LogP contribution >= 0.6 is 11.8 Å². The van der Waals surface area contributed by atoms with Crippen LogP contribution in [0, 0.1) is 5.41 Å². The van der Waals surface area contributed by atoms with Crippen molar-refractivity contribution in [3.8, 4) is 0 Å². The summed E-state index contributed by atoms with van der Waals surface area (Å²) in [5, 5.41) is 6.27. The lowest BCUT2D eigenvalue weighted by molar-refractivity contribution is -0.151. The van der Waals surface area contributed by atoms with Gasteiger partial charge in [-0.2, -0.15) is 5.10 Å². The fourth-order valence-corrected chi connectivity index (χ4v) is 2.94. The van der Waals surface area contributed by atoms with Crippen LogP contribution in [0.1, 0.15) is 13.3 Å². The predicted molar refractivity (Wildman–Crippen MR) is 51.3 cm³/mol. The number of fused-ring (bicyclic) bond motifs is 1. The van der Waals surface area contributed by atoms with Gasteiger partial charge in [0.15, 0.2) is 0 Å². The van der Waals surface area contributed by atoms with Crippen LogP contribution in [-0.2, 0) is 9.53 Å². The molecule has 72 valence electrons. The molecule has 0 unspecified atom stereocenters. The Bertz CT molecular complexity index is 269. The van der Waals surface area contributed by atoms with E-state index in [-0.39, 0.29) is 11.3 Å². The SMILES string of the molecule is COC(=O)[C@]1(C)CCN2N=CS[C@H]21. The summed E-state index contributed by atoms with van der Waals surface area (Å²) in [7, 11) is 1.44. The lowest BCUT2D eigenvalue weighted by atomic mass is 9.90. The molecule has 1 fully saturated rings. The van der Waals surface area contributed by atoms with Crippen LogP contribution in [0.4, 0.5) is 0 Å². The van der Waals surface area contributed by atoms with Gasteiger partial charge in [-0.15, -0.1) is 0 Å². The largest absolute Gasteiger partial charge is 0.469 e. The van der Waals surface area contributed by atoms with Crippen molar-refractivity contribution in [2.75, 3.05) is 13.7 Å². The van der Waals surface area contributed by atoms with Crippen molar-refractivity contribution in [3.63, 3.8) is 0 Å². The minimum Gasteiger partial charge on any atom is -0.469 e. The maximum Gasteiger partial charge on any atom is 0.314 e. The van der Waals surface area contributed by atoms with E-state index in [4.69, 9.17) is 4.74 Å². The van der Waals surface area contributed by atoms with Crippen molar-refractivity contribution in [1.29, 1.82) is 0 Å². The molecule has 2 atom stereocenters. The lowest BCUT2D eigenvalue weighted by Crippen LogP contribution is -2.37. The summed E-state index contributed by atoms with van der Waals surface area (Å²) >= 11 is 1.60. The number of ether oxygens (including phenoxy) is 1. The van der Waals surface area contributed by atoms with Crippen molar-refractivity contribution in [2.24, 2.45) is 10.5 Å². The molecule has 4 nitrogen and oxygen atoms in total. The van der Waals surface area contributed by atoms with E-state index in [2.05, 4.69) is 5.10 Å². The maximum absolute atomic E-state index is 11.6. The normalized spacial score (nSPS) is 36.5. The highest BCUT2D eigenvalue weighted by Crippen LogP contribution is 2.45. The molecule has 2 aliphatic rings. The molecule has 0 aromatic rings. The molecule has 0 bridgehead atoms. The Balaban J connectivity index is 2.21. The van der Waals surface area contributed by atoms with Gasteiger partial charge in [0.25, 0.3) is 0 Å². The highest BCUT2D eigenvalue weighted by Gasteiger charge is 2.51. The van der Waals surface area contributed by atoms with Crippen LogP contribution in [0.25, 0.3) is 0 Å². The molecule has 1 saturated heterocycles. The first-order chi connectivity index (χ1) is 6.18. The van der Waals surface area contributed by atoms with E-state index in [1.54, 1.807) is 17.3 Å². The molecule has 0 spiro atoms. The Labute approximate surface area is 81.3 Å². The van der Waals surface area contributed by atoms with Gasteiger partial charge in [-0.05, 0) is 13.3 Å². The number of hydrogen-bond donors (Lipinski definition) is 0. The van der Waals surface area contributed by atoms with Gasteiger partial charge in [0.05, 0.1) is 18.1 Å². The van der Waals surface area contributed by atoms with E-state index in [1.807, 2.05) is 11.9 Å². The molecule has 13 heavy (non-hydrogen) atoms. The quantitative estimate of drug-likeness (QED) is 0.589. The molecule has 5 heteroatoms. The number of nitrogens with zero attached hydrogens (tertiary/aromatic N) is 2. The smallest absolute Gasteiger partial charge is 0.314 e. The van der Waals surface area contributed by atoms with Crippen molar-refractivity contribution < 1.29 is 9.53 Å². The van der Waals surface area contributed by atoms with Crippen molar-refractivity contribution in [3.05, 3.63) is 0 Å². The number of carbonyl (C=O) groups excluding carboxylic acids is 1. The molecule has 0 aromatic heterocycles. The van der Waals surface area contributed by atoms with Gasteiger partial charge < -0.3 is 4.74 Å². The summed E-state index contributed by atoms with van der Waals surface area (Å²) in [6, 6.07) is 0. The molecular formula is C8H12N2O2S. The van der Waals surface area contributed by atoms with Gasteiger partial charge in [-0.1, -0.05) is 11.8 Å². The van der Waals surface area contributed by atoms with E-state index in [1.165, 1.54) is 7.11 Å². The first-order valence-corrected chi connectivity index (χ1v) is 5.16. The van der Waals surface area contributed by atoms with Crippen LogP contribution in [0.15, 0.2) is 5.10 Å². The van der Waals surface area contributed by atoms with E-state index in [0.717, 1.165) is 13.0 Å². The number of hydrazone groups is 1. The topological polar surface area (TPSA) is 41.9 Å². The molecule has 2 heterocycles. The Morgan fingerprint density at radius 2 is 2.62 bits per heavy atom. The summed E-state index contributed by atoms with van der Waals surface area (Å²) in [4.78, 5) is 11.6.